The number of Topliss-reactive ketones (excluding diaryl/α,β-unsaturated/α-hetero) is 1. The molecule has 0 aliphatic carbocycles. The minimum absolute atomic E-state index is 0.0599. The largest absolute Gasteiger partial charge is 0.497 e. The zero-order valence-electron chi connectivity index (χ0n) is 17.6. The van der Waals surface area contributed by atoms with Crippen molar-refractivity contribution in [2.45, 2.75) is 32.0 Å². The summed E-state index contributed by atoms with van der Waals surface area (Å²) in [6.07, 6.45) is 0.885. The third-order valence-electron chi connectivity index (χ3n) is 5.12. The third-order valence-corrected chi connectivity index (χ3v) is 6.80. The van der Waals surface area contributed by atoms with E-state index in [2.05, 4.69) is 26.9 Å². The van der Waals surface area contributed by atoms with Crippen molar-refractivity contribution >= 4 is 28.9 Å². The predicted molar refractivity (Wildman–Crippen MR) is 123 cm³/mol. The molecule has 0 bridgehead atoms. The summed E-state index contributed by atoms with van der Waals surface area (Å²) in [5.41, 5.74) is 4.05. The Morgan fingerprint density at radius 1 is 1.19 bits per heavy atom. The molecule has 0 atom stereocenters. The fourth-order valence-corrected chi connectivity index (χ4v) is 4.72. The Balaban J connectivity index is 1.38. The smallest absolute Gasteiger partial charge is 0.277 e. The maximum atomic E-state index is 12.8. The number of hydrogen-bond donors (Lipinski definition) is 0. The fourth-order valence-electron chi connectivity index (χ4n) is 3.43. The zero-order valence-corrected chi connectivity index (χ0v) is 19.3. The molecule has 6 nitrogen and oxygen atoms in total. The predicted octanol–water partition coefficient (Wildman–Crippen LogP) is 5.44. The summed E-state index contributed by atoms with van der Waals surface area (Å²) in [6, 6.07) is 13.9. The molecule has 0 amide bonds. The molecule has 0 saturated carbocycles. The quantitative estimate of drug-likeness (QED) is 0.248. The Morgan fingerprint density at radius 3 is 2.71 bits per heavy atom. The first-order valence-electron chi connectivity index (χ1n) is 9.88. The van der Waals surface area contributed by atoms with Gasteiger partial charge < -0.3 is 13.7 Å². The van der Waals surface area contributed by atoms with Gasteiger partial charge in [-0.3, -0.25) is 4.79 Å². The van der Waals surface area contributed by atoms with E-state index in [-0.39, 0.29) is 11.5 Å². The molecule has 3 aromatic heterocycles. The average Bonchev–Trinajstić information content (AvgIpc) is 3.52. The van der Waals surface area contributed by atoms with Crippen molar-refractivity contribution < 1.29 is 13.9 Å². The van der Waals surface area contributed by atoms with E-state index in [1.807, 2.05) is 49.6 Å². The Kier molecular flexibility index (Phi) is 6.58. The van der Waals surface area contributed by atoms with Crippen LogP contribution in [0.25, 0.3) is 10.8 Å². The number of aryl methyl sites for hydroxylation is 2. The van der Waals surface area contributed by atoms with E-state index >= 15 is 0 Å². The summed E-state index contributed by atoms with van der Waals surface area (Å²) >= 11 is 2.81. The highest BCUT2D eigenvalue weighted by Crippen LogP contribution is 2.27. The monoisotopic (exact) mass is 453 g/mol. The van der Waals surface area contributed by atoms with Crippen LogP contribution in [0.2, 0.25) is 0 Å². The lowest BCUT2D eigenvalue weighted by molar-refractivity contribution is 0.102. The van der Waals surface area contributed by atoms with Crippen LogP contribution in [0.3, 0.4) is 0 Å². The molecule has 0 N–H and O–H groups in total. The number of benzene rings is 1. The van der Waals surface area contributed by atoms with Gasteiger partial charge in [-0.05, 0) is 55.5 Å². The van der Waals surface area contributed by atoms with E-state index < -0.39 is 0 Å². The summed E-state index contributed by atoms with van der Waals surface area (Å²) in [6.45, 7) is 4.86. The first-order valence-corrected chi connectivity index (χ1v) is 11.7. The van der Waals surface area contributed by atoms with E-state index in [1.54, 1.807) is 18.4 Å². The molecule has 0 radical (unpaired) electrons. The topological polar surface area (TPSA) is 70.2 Å². The van der Waals surface area contributed by atoms with Gasteiger partial charge in [0.05, 0.1) is 17.7 Å². The van der Waals surface area contributed by atoms with Crippen LogP contribution in [-0.2, 0) is 13.0 Å². The van der Waals surface area contributed by atoms with Crippen LogP contribution in [0.1, 0.15) is 27.3 Å². The number of carbonyl (C=O) groups is 1. The van der Waals surface area contributed by atoms with Crippen molar-refractivity contribution in [3.05, 3.63) is 70.4 Å². The molecule has 1 aromatic carbocycles. The number of nitrogens with zero attached hydrogens (tertiary/aromatic N) is 3. The second-order valence-electron chi connectivity index (χ2n) is 7.10. The number of ether oxygens (including phenoxy) is 1. The van der Waals surface area contributed by atoms with Crippen LogP contribution in [0, 0.1) is 13.8 Å². The molecule has 0 spiro atoms. The van der Waals surface area contributed by atoms with Gasteiger partial charge in [-0.25, -0.2) is 0 Å². The Bertz CT molecular complexity index is 1160. The number of ketones is 1. The molecular formula is C23H23N3O3S2. The second-order valence-corrected chi connectivity index (χ2v) is 8.97. The second kappa shape index (κ2) is 9.53. The molecule has 3 heterocycles. The lowest BCUT2D eigenvalue weighted by Gasteiger charge is -2.10. The van der Waals surface area contributed by atoms with Gasteiger partial charge in [0.1, 0.15) is 5.75 Å². The Morgan fingerprint density at radius 2 is 2.00 bits per heavy atom. The summed E-state index contributed by atoms with van der Waals surface area (Å²) in [5, 5.41) is 10.5. The van der Waals surface area contributed by atoms with Crippen LogP contribution in [0.15, 0.2) is 57.5 Å². The van der Waals surface area contributed by atoms with Crippen molar-refractivity contribution in [3.8, 4) is 16.5 Å². The minimum atomic E-state index is 0.0599. The van der Waals surface area contributed by atoms with E-state index in [0.29, 0.717) is 11.1 Å². The van der Waals surface area contributed by atoms with Gasteiger partial charge >= 0.3 is 0 Å². The van der Waals surface area contributed by atoms with Crippen molar-refractivity contribution in [3.63, 3.8) is 0 Å². The molecule has 0 fully saturated rings. The number of rotatable bonds is 9. The lowest BCUT2D eigenvalue weighted by Crippen LogP contribution is -2.08. The van der Waals surface area contributed by atoms with Crippen LogP contribution in [0.4, 0.5) is 0 Å². The fraction of sp³-hybridized carbons (Fsp3) is 0.261. The molecule has 0 unspecified atom stereocenters. The molecule has 0 aliphatic heterocycles. The number of carbonyl (C=O) groups excluding carboxylic acids is 1. The number of aromatic nitrogens is 3. The summed E-state index contributed by atoms with van der Waals surface area (Å²) < 4.78 is 13.1. The SMILES string of the molecule is COc1ccc(CCn2c(C)cc(C(=O)CSc3nnc(-c4cccs4)o3)c2C)cc1. The number of methoxy groups -OCH3 is 1. The highest BCUT2D eigenvalue weighted by Gasteiger charge is 2.18. The number of thiophene rings is 1. The van der Waals surface area contributed by atoms with Crippen LogP contribution >= 0.6 is 23.1 Å². The highest BCUT2D eigenvalue weighted by atomic mass is 32.2. The van der Waals surface area contributed by atoms with Crippen molar-refractivity contribution in [2.75, 3.05) is 12.9 Å². The number of hydrogen-bond acceptors (Lipinski definition) is 7. The summed E-state index contributed by atoms with van der Waals surface area (Å²) in [7, 11) is 1.67. The van der Waals surface area contributed by atoms with Crippen molar-refractivity contribution in [2.24, 2.45) is 0 Å². The van der Waals surface area contributed by atoms with Gasteiger partial charge in [0.25, 0.3) is 11.1 Å². The maximum Gasteiger partial charge on any atom is 0.277 e. The van der Waals surface area contributed by atoms with Crippen LogP contribution < -0.4 is 4.74 Å². The van der Waals surface area contributed by atoms with Gasteiger partial charge in [-0.1, -0.05) is 30.0 Å². The summed E-state index contributed by atoms with van der Waals surface area (Å²) in [5.74, 6) is 1.66. The Hall–Kier alpha value is -2.84. The first kappa shape index (κ1) is 21.4. The van der Waals surface area contributed by atoms with Crippen LogP contribution in [-0.4, -0.2) is 33.4 Å². The molecule has 4 rings (SSSR count). The van der Waals surface area contributed by atoms with E-state index in [0.717, 1.165) is 40.5 Å². The zero-order chi connectivity index (χ0) is 21.8. The lowest BCUT2D eigenvalue weighted by atomic mass is 10.1. The van der Waals surface area contributed by atoms with Gasteiger partial charge in [-0.15, -0.1) is 21.5 Å². The molecule has 31 heavy (non-hydrogen) atoms. The van der Waals surface area contributed by atoms with E-state index in [1.165, 1.54) is 17.3 Å². The van der Waals surface area contributed by atoms with Gasteiger partial charge in [0.15, 0.2) is 5.78 Å². The van der Waals surface area contributed by atoms with E-state index in [9.17, 15) is 4.79 Å². The standard InChI is InChI=1S/C23H23N3O3S2/c1-15-13-19(16(2)26(15)11-10-17-6-8-18(28-3)9-7-17)20(27)14-31-23-25-24-22(29-23)21-5-4-12-30-21/h4-9,12-13H,10-11,14H2,1-3H3. The molecule has 0 saturated heterocycles. The van der Waals surface area contributed by atoms with Crippen molar-refractivity contribution in [1.29, 1.82) is 0 Å². The first-order chi connectivity index (χ1) is 15.0. The van der Waals surface area contributed by atoms with Gasteiger partial charge in [0.2, 0.25) is 0 Å². The molecule has 8 heteroatoms. The van der Waals surface area contributed by atoms with Gasteiger partial charge in [-0.2, -0.15) is 0 Å². The number of thioether (sulfide) groups is 1. The molecular weight excluding hydrogens is 430 g/mol. The summed E-state index contributed by atoms with van der Waals surface area (Å²) in [4.78, 5) is 13.8. The molecule has 0 aliphatic rings. The third kappa shape index (κ3) is 4.91. The van der Waals surface area contributed by atoms with Crippen LogP contribution in [0.5, 0.6) is 5.75 Å². The van der Waals surface area contributed by atoms with E-state index in [4.69, 9.17) is 9.15 Å². The average molecular weight is 454 g/mol. The van der Waals surface area contributed by atoms with Gasteiger partial charge in [0, 0.05) is 23.5 Å². The molecule has 160 valence electrons. The van der Waals surface area contributed by atoms with Crippen molar-refractivity contribution in [1.82, 2.24) is 14.8 Å². The Labute approximate surface area is 189 Å². The molecule has 4 aromatic rings. The maximum absolute atomic E-state index is 12.8. The normalized spacial score (nSPS) is 11.1. The highest BCUT2D eigenvalue weighted by molar-refractivity contribution is 7.99. The minimum Gasteiger partial charge on any atom is -0.497 e.